The van der Waals surface area contributed by atoms with E-state index in [0.717, 1.165) is 23.5 Å². The zero-order valence-electron chi connectivity index (χ0n) is 16.5. The van der Waals surface area contributed by atoms with Crippen molar-refractivity contribution in [1.29, 1.82) is 0 Å². The lowest BCUT2D eigenvalue weighted by atomic mass is 9.83. The first kappa shape index (κ1) is 20.0. The molecule has 0 atom stereocenters. The summed E-state index contributed by atoms with van der Waals surface area (Å²) < 4.78 is 31.0. The molecule has 0 bridgehead atoms. The second kappa shape index (κ2) is 7.84. The van der Waals surface area contributed by atoms with Gasteiger partial charge in [0, 0.05) is 25.7 Å². The van der Waals surface area contributed by atoms with Gasteiger partial charge >= 0.3 is 0 Å². The molecule has 2 aliphatic rings. The topological polar surface area (TPSA) is 89.5 Å². The van der Waals surface area contributed by atoms with Crippen LogP contribution in [0.25, 0.3) is 0 Å². The smallest absolute Gasteiger partial charge is 0.223 e. The Kier molecular flexibility index (Phi) is 5.40. The van der Waals surface area contributed by atoms with Crippen LogP contribution >= 0.6 is 0 Å². The summed E-state index contributed by atoms with van der Waals surface area (Å²) in [5, 5.41) is 0. The molecular formula is C21H25N3O4S. The number of aromatic nitrogens is 2. The Bertz CT molecular complexity index is 1000. The Hall–Kier alpha value is -2.32. The van der Waals surface area contributed by atoms with Gasteiger partial charge in [0.2, 0.25) is 5.91 Å². The van der Waals surface area contributed by atoms with E-state index in [0.29, 0.717) is 32.5 Å². The molecular weight excluding hydrogens is 390 g/mol. The zero-order chi connectivity index (χ0) is 20.5. The van der Waals surface area contributed by atoms with Gasteiger partial charge < -0.3 is 9.64 Å². The summed E-state index contributed by atoms with van der Waals surface area (Å²) >= 11 is 0. The highest BCUT2D eigenvalue weighted by molar-refractivity contribution is 7.91. The zero-order valence-corrected chi connectivity index (χ0v) is 17.3. The maximum Gasteiger partial charge on any atom is 0.223 e. The lowest BCUT2D eigenvalue weighted by Crippen LogP contribution is -2.49. The SMILES string of the molecule is Cc1ncc2c(n1)C1(CCN(C(=O)CCS(=O)(=O)c3ccccc3)CC1)OCC2. The molecule has 2 aromatic rings. The van der Waals surface area contributed by atoms with Crippen LogP contribution in [0.5, 0.6) is 0 Å². The highest BCUT2D eigenvalue weighted by Crippen LogP contribution is 2.40. The summed E-state index contributed by atoms with van der Waals surface area (Å²) in [7, 11) is -3.45. The number of likely N-dealkylation sites (tertiary alicyclic amines) is 1. The Balaban J connectivity index is 1.39. The molecule has 1 aromatic heterocycles. The number of benzene rings is 1. The van der Waals surface area contributed by atoms with Crippen LogP contribution in [-0.2, 0) is 31.4 Å². The van der Waals surface area contributed by atoms with Crippen molar-refractivity contribution in [3.8, 4) is 0 Å². The Morgan fingerprint density at radius 3 is 2.66 bits per heavy atom. The molecule has 1 saturated heterocycles. The summed E-state index contributed by atoms with van der Waals surface area (Å²) in [6, 6.07) is 8.27. The van der Waals surface area contributed by atoms with Crippen LogP contribution in [0.2, 0.25) is 0 Å². The third kappa shape index (κ3) is 4.04. The second-order valence-corrected chi connectivity index (χ2v) is 9.76. The minimum absolute atomic E-state index is 0.0110. The van der Waals surface area contributed by atoms with Gasteiger partial charge in [-0.05, 0) is 43.9 Å². The van der Waals surface area contributed by atoms with Crippen molar-refractivity contribution in [2.45, 2.75) is 43.1 Å². The van der Waals surface area contributed by atoms with Gasteiger partial charge in [0.25, 0.3) is 0 Å². The Labute approximate surface area is 171 Å². The number of fused-ring (bicyclic) bond motifs is 2. The van der Waals surface area contributed by atoms with Crippen LogP contribution in [-0.4, -0.2) is 54.6 Å². The number of sulfone groups is 1. The second-order valence-electron chi connectivity index (χ2n) is 7.65. The number of aryl methyl sites for hydroxylation is 1. The molecule has 7 nitrogen and oxygen atoms in total. The van der Waals surface area contributed by atoms with Crippen molar-refractivity contribution in [3.63, 3.8) is 0 Å². The first-order valence-electron chi connectivity index (χ1n) is 9.92. The first-order chi connectivity index (χ1) is 13.9. The van der Waals surface area contributed by atoms with E-state index in [1.54, 1.807) is 35.2 Å². The molecule has 29 heavy (non-hydrogen) atoms. The highest BCUT2D eigenvalue weighted by atomic mass is 32.2. The van der Waals surface area contributed by atoms with E-state index in [-0.39, 0.29) is 23.0 Å². The normalized spacial score (nSPS) is 18.4. The number of amides is 1. The molecule has 0 saturated carbocycles. The van der Waals surface area contributed by atoms with E-state index >= 15 is 0 Å². The number of hydrogen-bond donors (Lipinski definition) is 0. The fraction of sp³-hybridized carbons (Fsp3) is 0.476. The van der Waals surface area contributed by atoms with E-state index in [9.17, 15) is 13.2 Å². The largest absolute Gasteiger partial charge is 0.368 e. The van der Waals surface area contributed by atoms with Crippen LogP contribution in [0.3, 0.4) is 0 Å². The number of carbonyl (C=O) groups excluding carboxylic acids is 1. The predicted molar refractivity (Wildman–Crippen MR) is 107 cm³/mol. The van der Waals surface area contributed by atoms with Crippen LogP contribution in [0.15, 0.2) is 41.4 Å². The molecule has 1 fully saturated rings. The minimum atomic E-state index is -3.45. The predicted octanol–water partition coefficient (Wildman–Crippen LogP) is 2.04. The quantitative estimate of drug-likeness (QED) is 0.759. The summed E-state index contributed by atoms with van der Waals surface area (Å²) in [6.07, 6.45) is 4.00. The van der Waals surface area contributed by atoms with Crippen molar-refractivity contribution in [2.75, 3.05) is 25.4 Å². The van der Waals surface area contributed by atoms with Gasteiger partial charge in [-0.3, -0.25) is 4.79 Å². The fourth-order valence-electron chi connectivity index (χ4n) is 4.12. The van der Waals surface area contributed by atoms with Gasteiger partial charge in [-0.2, -0.15) is 0 Å². The molecule has 1 aromatic carbocycles. The first-order valence-corrected chi connectivity index (χ1v) is 11.6. The van der Waals surface area contributed by atoms with Crippen LogP contribution in [0.1, 0.15) is 36.3 Å². The Morgan fingerprint density at radius 2 is 1.93 bits per heavy atom. The number of carbonyl (C=O) groups is 1. The van der Waals surface area contributed by atoms with Crippen LogP contribution < -0.4 is 0 Å². The van der Waals surface area contributed by atoms with Crippen molar-refractivity contribution in [2.24, 2.45) is 0 Å². The molecule has 154 valence electrons. The number of nitrogens with zero attached hydrogens (tertiary/aromatic N) is 3. The summed E-state index contributed by atoms with van der Waals surface area (Å²) in [5.41, 5.74) is 1.61. The number of rotatable bonds is 4. The molecule has 1 spiro atoms. The van der Waals surface area contributed by atoms with Gasteiger partial charge in [-0.1, -0.05) is 18.2 Å². The average Bonchev–Trinajstić information content (AvgIpc) is 2.74. The summed E-state index contributed by atoms with van der Waals surface area (Å²) in [6.45, 7) is 3.57. The maximum atomic E-state index is 12.6. The van der Waals surface area contributed by atoms with Crippen molar-refractivity contribution in [3.05, 3.63) is 53.6 Å². The lowest BCUT2D eigenvalue weighted by molar-refractivity contribution is -0.140. The van der Waals surface area contributed by atoms with Gasteiger partial charge in [-0.25, -0.2) is 18.4 Å². The molecule has 0 radical (unpaired) electrons. The van der Waals surface area contributed by atoms with Crippen molar-refractivity contribution < 1.29 is 17.9 Å². The van der Waals surface area contributed by atoms with Gasteiger partial charge in [0.05, 0.1) is 22.9 Å². The molecule has 2 aliphatic heterocycles. The van der Waals surface area contributed by atoms with Crippen LogP contribution in [0, 0.1) is 6.92 Å². The van der Waals surface area contributed by atoms with E-state index in [4.69, 9.17) is 4.74 Å². The van der Waals surface area contributed by atoms with Gasteiger partial charge in [0.1, 0.15) is 11.4 Å². The molecule has 0 unspecified atom stereocenters. The Morgan fingerprint density at radius 1 is 1.21 bits per heavy atom. The molecule has 3 heterocycles. The average molecular weight is 416 g/mol. The van der Waals surface area contributed by atoms with E-state index in [2.05, 4.69) is 9.97 Å². The fourth-order valence-corrected chi connectivity index (χ4v) is 5.37. The molecule has 8 heteroatoms. The summed E-state index contributed by atoms with van der Waals surface area (Å²) in [5.74, 6) is 0.413. The molecule has 0 N–H and O–H groups in total. The van der Waals surface area contributed by atoms with Crippen LogP contribution in [0.4, 0.5) is 0 Å². The maximum absolute atomic E-state index is 12.6. The molecule has 0 aliphatic carbocycles. The van der Waals surface area contributed by atoms with E-state index < -0.39 is 15.4 Å². The monoisotopic (exact) mass is 415 g/mol. The van der Waals surface area contributed by atoms with Crippen molar-refractivity contribution >= 4 is 15.7 Å². The minimum Gasteiger partial charge on any atom is -0.368 e. The summed E-state index contributed by atoms with van der Waals surface area (Å²) in [4.78, 5) is 23.6. The third-order valence-electron chi connectivity index (χ3n) is 5.78. The number of hydrogen-bond acceptors (Lipinski definition) is 6. The van der Waals surface area contributed by atoms with Gasteiger partial charge in [-0.15, -0.1) is 0 Å². The van der Waals surface area contributed by atoms with E-state index in [1.807, 2.05) is 13.1 Å². The van der Waals surface area contributed by atoms with Crippen molar-refractivity contribution in [1.82, 2.24) is 14.9 Å². The van der Waals surface area contributed by atoms with E-state index in [1.165, 1.54) is 0 Å². The molecule has 4 rings (SSSR count). The number of piperidine rings is 1. The van der Waals surface area contributed by atoms with Gasteiger partial charge in [0.15, 0.2) is 9.84 Å². The molecule has 1 amide bonds. The standard InChI is InChI=1S/C21H25N3O4S/c1-16-22-15-17-7-13-28-21(20(17)23-16)9-11-24(12-10-21)19(25)8-14-29(26,27)18-5-3-2-4-6-18/h2-6,15H,7-14H2,1H3. The number of ether oxygens (including phenoxy) is 1. The third-order valence-corrected chi connectivity index (χ3v) is 7.51. The highest BCUT2D eigenvalue weighted by Gasteiger charge is 2.43. The lowest BCUT2D eigenvalue weighted by Gasteiger charge is -2.44.